The highest BCUT2D eigenvalue weighted by Gasteiger charge is 2.13. The van der Waals surface area contributed by atoms with Crippen molar-refractivity contribution in [1.82, 2.24) is 10.6 Å². The summed E-state index contributed by atoms with van der Waals surface area (Å²) in [4.78, 5) is 13.6. The molecular formula is C14H20N2O2S. The van der Waals surface area contributed by atoms with Crippen molar-refractivity contribution < 1.29 is 9.90 Å². The number of carbonyl (C=O) groups is 1. The van der Waals surface area contributed by atoms with E-state index in [0.717, 1.165) is 9.75 Å². The van der Waals surface area contributed by atoms with Crippen LogP contribution in [0.3, 0.4) is 0 Å². The van der Waals surface area contributed by atoms with Crippen molar-refractivity contribution in [3.63, 3.8) is 0 Å². The molecule has 1 aromatic heterocycles. The van der Waals surface area contributed by atoms with Crippen LogP contribution in [0.4, 0.5) is 4.79 Å². The Morgan fingerprint density at radius 1 is 1.42 bits per heavy atom. The van der Waals surface area contributed by atoms with Gasteiger partial charge in [-0.15, -0.1) is 11.3 Å². The van der Waals surface area contributed by atoms with Crippen LogP contribution in [0, 0.1) is 11.8 Å². The lowest BCUT2D eigenvalue weighted by molar-refractivity contribution is 0.231. The third kappa shape index (κ3) is 6.85. The number of urea groups is 1. The zero-order valence-electron chi connectivity index (χ0n) is 11.5. The number of thiophene rings is 1. The second-order valence-electron chi connectivity index (χ2n) is 5.10. The fraction of sp³-hybridized carbons (Fsp3) is 0.500. The fourth-order valence-corrected chi connectivity index (χ4v) is 2.12. The first-order chi connectivity index (χ1) is 8.90. The van der Waals surface area contributed by atoms with Gasteiger partial charge in [0.25, 0.3) is 0 Å². The van der Waals surface area contributed by atoms with E-state index < -0.39 is 0 Å². The van der Waals surface area contributed by atoms with Gasteiger partial charge < -0.3 is 15.7 Å². The molecule has 0 aromatic carbocycles. The van der Waals surface area contributed by atoms with Gasteiger partial charge in [-0.05, 0) is 32.9 Å². The van der Waals surface area contributed by atoms with Gasteiger partial charge >= 0.3 is 6.03 Å². The third-order valence-electron chi connectivity index (χ3n) is 2.02. The molecule has 0 aliphatic carbocycles. The molecule has 1 rings (SSSR count). The highest BCUT2D eigenvalue weighted by molar-refractivity contribution is 7.12. The van der Waals surface area contributed by atoms with Crippen LogP contribution in [0.25, 0.3) is 0 Å². The zero-order valence-corrected chi connectivity index (χ0v) is 12.4. The topological polar surface area (TPSA) is 61.4 Å². The smallest absolute Gasteiger partial charge is 0.315 e. The summed E-state index contributed by atoms with van der Waals surface area (Å²) in [6.07, 6.45) is 0.486. The van der Waals surface area contributed by atoms with E-state index in [4.69, 9.17) is 5.11 Å². The average molecular weight is 280 g/mol. The molecule has 0 spiro atoms. The van der Waals surface area contributed by atoms with Crippen molar-refractivity contribution in [3.8, 4) is 11.8 Å². The van der Waals surface area contributed by atoms with E-state index in [1.165, 1.54) is 0 Å². The number of carbonyl (C=O) groups excluding carboxylic acids is 1. The summed E-state index contributed by atoms with van der Waals surface area (Å²) in [6.45, 7) is 6.39. The monoisotopic (exact) mass is 280 g/mol. The Morgan fingerprint density at radius 2 is 2.16 bits per heavy atom. The molecule has 4 nitrogen and oxygen atoms in total. The van der Waals surface area contributed by atoms with Crippen molar-refractivity contribution >= 4 is 17.4 Å². The van der Waals surface area contributed by atoms with Crippen LogP contribution in [-0.4, -0.2) is 23.3 Å². The maximum Gasteiger partial charge on any atom is 0.315 e. The van der Waals surface area contributed by atoms with Gasteiger partial charge in [-0.3, -0.25) is 0 Å². The molecule has 3 N–H and O–H groups in total. The van der Waals surface area contributed by atoms with Gasteiger partial charge in [0.05, 0.1) is 18.0 Å². The number of rotatable bonds is 3. The normalized spacial score (nSPS) is 10.5. The highest BCUT2D eigenvalue weighted by atomic mass is 32.1. The van der Waals surface area contributed by atoms with Gasteiger partial charge in [-0.1, -0.05) is 11.8 Å². The Kier molecular flexibility index (Phi) is 5.87. The molecule has 0 saturated carbocycles. The quantitative estimate of drug-likeness (QED) is 0.742. The lowest BCUT2D eigenvalue weighted by Gasteiger charge is -2.20. The van der Waals surface area contributed by atoms with Crippen LogP contribution in [0.2, 0.25) is 0 Å². The van der Waals surface area contributed by atoms with Gasteiger partial charge in [0.2, 0.25) is 0 Å². The molecule has 1 heterocycles. The third-order valence-corrected chi connectivity index (χ3v) is 3.02. The van der Waals surface area contributed by atoms with Crippen LogP contribution < -0.4 is 10.6 Å². The molecular weight excluding hydrogens is 260 g/mol. The summed E-state index contributed by atoms with van der Waals surface area (Å²) >= 11 is 1.55. The summed E-state index contributed by atoms with van der Waals surface area (Å²) in [5.74, 6) is 5.84. The molecule has 0 fully saturated rings. The maximum absolute atomic E-state index is 11.6. The first-order valence-electron chi connectivity index (χ1n) is 6.15. The standard InChI is InChI=1S/C14H20N2O2S/c1-14(2,3)16-13(18)15-10-12-8-7-11(19-12)6-4-5-9-17/h7-8,17H,5,9-10H2,1-3H3,(H2,15,16,18). The van der Waals surface area contributed by atoms with Crippen molar-refractivity contribution in [2.75, 3.05) is 6.61 Å². The Labute approximate surface area is 118 Å². The predicted octanol–water partition coefficient (Wildman–Crippen LogP) is 2.08. The molecule has 0 atom stereocenters. The minimum atomic E-state index is -0.236. The number of nitrogens with one attached hydrogen (secondary N) is 2. The van der Waals surface area contributed by atoms with E-state index in [2.05, 4.69) is 22.5 Å². The van der Waals surface area contributed by atoms with Crippen molar-refractivity contribution in [2.45, 2.75) is 39.3 Å². The van der Waals surface area contributed by atoms with Crippen LogP contribution in [0.1, 0.15) is 36.9 Å². The molecule has 0 aliphatic heterocycles. The van der Waals surface area contributed by atoms with E-state index in [1.54, 1.807) is 11.3 Å². The first kappa shape index (κ1) is 15.5. The van der Waals surface area contributed by atoms with Crippen molar-refractivity contribution in [2.24, 2.45) is 0 Å². The summed E-state index contributed by atoms with van der Waals surface area (Å²) in [7, 11) is 0. The number of hydrogen-bond acceptors (Lipinski definition) is 3. The Bertz CT molecular complexity index is 478. The number of aliphatic hydroxyl groups is 1. The summed E-state index contributed by atoms with van der Waals surface area (Å²) in [5, 5.41) is 14.3. The number of aliphatic hydroxyl groups excluding tert-OH is 1. The summed E-state index contributed by atoms with van der Waals surface area (Å²) in [5.41, 5.74) is -0.236. The Morgan fingerprint density at radius 3 is 2.79 bits per heavy atom. The lowest BCUT2D eigenvalue weighted by Crippen LogP contribution is -2.46. The largest absolute Gasteiger partial charge is 0.395 e. The van der Waals surface area contributed by atoms with Gasteiger partial charge in [-0.25, -0.2) is 4.79 Å². The van der Waals surface area contributed by atoms with Gasteiger partial charge in [0, 0.05) is 16.8 Å². The SMILES string of the molecule is CC(C)(C)NC(=O)NCc1ccc(C#CCCO)s1. The van der Waals surface area contributed by atoms with Crippen molar-refractivity contribution in [3.05, 3.63) is 21.9 Å². The molecule has 104 valence electrons. The number of amides is 2. The fourth-order valence-electron chi connectivity index (χ4n) is 1.30. The molecule has 19 heavy (non-hydrogen) atoms. The van der Waals surface area contributed by atoms with Crippen LogP contribution >= 0.6 is 11.3 Å². The minimum Gasteiger partial charge on any atom is -0.395 e. The molecule has 0 saturated heterocycles. The molecule has 2 amide bonds. The second kappa shape index (κ2) is 7.17. The lowest BCUT2D eigenvalue weighted by atomic mass is 10.1. The van der Waals surface area contributed by atoms with Gasteiger partial charge in [0.1, 0.15) is 0 Å². The Balaban J connectivity index is 2.43. The summed E-state index contributed by atoms with van der Waals surface area (Å²) in [6, 6.07) is 3.70. The van der Waals surface area contributed by atoms with Crippen molar-refractivity contribution in [1.29, 1.82) is 0 Å². The highest BCUT2D eigenvalue weighted by Crippen LogP contribution is 2.15. The maximum atomic E-state index is 11.6. The van der Waals surface area contributed by atoms with E-state index in [9.17, 15) is 4.79 Å². The summed E-state index contributed by atoms with van der Waals surface area (Å²) < 4.78 is 0. The predicted molar refractivity (Wildman–Crippen MR) is 78.0 cm³/mol. The molecule has 0 aliphatic rings. The average Bonchev–Trinajstić information content (AvgIpc) is 2.72. The number of hydrogen-bond donors (Lipinski definition) is 3. The van der Waals surface area contributed by atoms with E-state index in [0.29, 0.717) is 13.0 Å². The molecule has 0 bridgehead atoms. The molecule has 5 heteroatoms. The first-order valence-corrected chi connectivity index (χ1v) is 6.97. The second-order valence-corrected chi connectivity index (χ2v) is 6.27. The van der Waals surface area contributed by atoms with E-state index in [-0.39, 0.29) is 18.2 Å². The molecule has 0 unspecified atom stereocenters. The molecule has 0 radical (unpaired) electrons. The molecule has 1 aromatic rings. The van der Waals surface area contributed by atoms with Crippen LogP contribution in [-0.2, 0) is 6.54 Å². The van der Waals surface area contributed by atoms with Gasteiger partial charge in [-0.2, -0.15) is 0 Å². The Hall–Kier alpha value is -1.51. The van der Waals surface area contributed by atoms with E-state index >= 15 is 0 Å². The van der Waals surface area contributed by atoms with Crippen LogP contribution in [0.15, 0.2) is 12.1 Å². The minimum absolute atomic E-state index is 0.0831. The van der Waals surface area contributed by atoms with E-state index in [1.807, 2.05) is 32.9 Å². The van der Waals surface area contributed by atoms with Gasteiger partial charge in [0.15, 0.2) is 0 Å². The van der Waals surface area contributed by atoms with Crippen LogP contribution in [0.5, 0.6) is 0 Å². The zero-order chi connectivity index (χ0) is 14.3.